The lowest BCUT2D eigenvalue weighted by Gasteiger charge is -2.19. The summed E-state index contributed by atoms with van der Waals surface area (Å²) in [7, 11) is 0. The van der Waals surface area contributed by atoms with Crippen LogP contribution in [0.1, 0.15) is 20.8 Å². The molecule has 0 unspecified atom stereocenters. The number of aromatic nitrogens is 1. The molecule has 1 aromatic carbocycles. The van der Waals surface area contributed by atoms with E-state index in [-0.39, 0.29) is 5.75 Å². The average Bonchev–Trinajstić information content (AvgIpc) is 2.66. The third-order valence-corrected chi connectivity index (χ3v) is 3.06. The molecule has 0 amide bonds. The maximum atomic E-state index is 12.0. The number of benzene rings is 1. The molecule has 2 rings (SSSR count). The van der Waals surface area contributed by atoms with E-state index in [1.807, 2.05) is 0 Å². The lowest BCUT2D eigenvalue weighted by molar-refractivity contribution is 0.0544. The average molecular weight is 312 g/mol. The number of phenols is 1. The van der Waals surface area contributed by atoms with Crippen LogP contribution in [0.5, 0.6) is 5.75 Å². The highest BCUT2D eigenvalue weighted by Crippen LogP contribution is 2.32. The van der Waals surface area contributed by atoms with E-state index >= 15 is 0 Å². The van der Waals surface area contributed by atoms with Crippen molar-refractivity contribution in [1.82, 2.24) is 4.57 Å². The predicted molar refractivity (Wildman–Crippen MR) is 72.9 cm³/mol. The summed E-state index contributed by atoms with van der Waals surface area (Å²) in [4.78, 5) is 12.0. The summed E-state index contributed by atoms with van der Waals surface area (Å²) in [5.41, 5.74) is -0.131. The Balaban J connectivity index is 2.53. The Bertz CT molecular complexity index is 610. The quantitative estimate of drug-likeness (QED) is 0.803. The Labute approximate surface area is 113 Å². The molecule has 0 aliphatic heterocycles. The van der Waals surface area contributed by atoms with Gasteiger partial charge in [-0.3, -0.25) is 0 Å². The van der Waals surface area contributed by atoms with Crippen molar-refractivity contribution >= 4 is 32.9 Å². The summed E-state index contributed by atoms with van der Waals surface area (Å²) in [6.45, 7) is 5.39. The number of ether oxygens (including phenoxy) is 1. The van der Waals surface area contributed by atoms with Gasteiger partial charge in [0.2, 0.25) is 0 Å². The van der Waals surface area contributed by atoms with Gasteiger partial charge in [-0.15, -0.1) is 0 Å². The standard InChI is InChI=1S/C13H14BrNO3/c1-13(2,3)18-12(17)15-7-6-8-9(14)4-5-10(16)11(8)15/h4-7,16H,1-3H3. The maximum Gasteiger partial charge on any atom is 0.419 e. The van der Waals surface area contributed by atoms with Crippen LogP contribution in [0.15, 0.2) is 28.9 Å². The molecule has 96 valence electrons. The van der Waals surface area contributed by atoms with Crippen molar-refractivity contribution in [3.05, 3.63) is 28.9 Å². The van der Waals surface area contributed by atoms with Crippen LogP contribution in [0.25, 0.3) is 10.9 Å². The molecule has 18 heavy (non-hydrogen) atoms. The molecule has 0 aliphatic carbocycles. The van der Waals surface area contributed by atoms with Gasteiger partial charge < -0.3 is 9.84 Å². The number of nitrogens with zero attached hydrogens (tertiary/aromatic N) is 1. The normalized spacial score (nSPS) is 11.8. The van der Waals surface area contributed by atoms with Gasteiger partial charge in [0.05, 0.1) is 0 Å². The van der Waals surface area contributed by atoms with Gasteiger partial charge >= 0.3 is 6.09 Å². The van der Waals surface area contributed by atoms with Crippen LogP contribution in [0, 0.1) is 0 Å². The lowest BCUT2D eigenvalue weighted by Crippen LogP contribution is -2.26. The van der Waals surface area contributed by atoms with Crippen molar-refractivity contribution < 1.29 is 14.6 Å². The summed E-state index contributed by atoms with van der Waals surface area (Å²) in [5, 5.41) is 10.6. The highest BCUT2D eigenvalue weighted by molar-refractivity contribution is 9.10. The number of hydrogen-bond acceptors (Lipinski definition) is 3. The molecular weight excluding hydrogens is 298 g/mol. The van der Waals surface area contributed by atoms with Crippen LogP contribution in [0.2, 0.25) is 0 Å². The van der Waals surface area contributed by atoms with Crippen molar-refractivity contribution in [2.45, 2.75) is 26.4 Å². The molecule has 1 aromatic heterocycles. The molecule has 1 heterocycles. The number of halogens is 1. The van der Waals surface area contributed by atoms with E-state index in [9.17, 15) is 9.90 Å². The molecule has 4 nitrogen and oxygen atoms in total. The van der Waals surface area contributed by atoms with Gasteiger partial charge in [0.1, 0.15) is 16.9 Å². The predicted octanol–water partition coefficient (Wildman–Crippen LogP) is 3.89. The van der Waals surface area contributed by atoms with Crippen molar-refractivity contribution in [3.8, 4) is 5.75 Å². The first kappa shape index (κ1) is 13.0. The fourth-order valence-corrected chi connectivity index (χ4v) is 2.12. The SMILES string of the molecule is CC(C)(C)OC(=O)n1ccc2c(Br)ccc(O)c21. The Kier molecular flexibility index (Phi) is 3.11. The van der Waals surface area contributed by atoms with E-state index in [1.165, 1.54) is 10.6 Å². The summed E-state index contributed by atoms with van der Waals surface area (Å²) in [6, 6.07) is 5.02. The summed E-state index contributed by atoms with van der Waals surface area (Å²) in [5.74, 6) is 0.0454. The van der Waals surface area contributed by atoms with Crippen LogP contribution in [-0.4, -0.2) is 21.4 Å². The number of phenolic OH excluding ortho intramolecular Hbond substituents is 1. The molecule has 5 heteroatoms. The minimum Gasteiger partial charge on any atom is -0.506 e. The minimum atomic E-state index is -0.574. The fourth-order valence-electron chi connectivity index (χ4n) is 1.67. The first-order chi connectivity index (χ1) is 8.29. The molecule has 0 saturated carbocycles. The molecule has 0 saturated heterocycles. The lowest BCUT2D eigenvalue weighted by atomic mass is 10.2. The molecule has 0 radical (unpaired) electrons. The first-order valence-corrected chi connectivity index (χ1v) is 6.31. The van der Waals surface area contributed by atoms with E-state index in [4.69, 9.17) is 4.74 Å². The Morgan fingerprint density at radius 2 is 2.00 bits per heavy atom. The number of rotatable bonds is 0. The van der Waals surface area contributed by atoms with Gasteiger partial charge in [-0.2, -0.15) is 0 Å². The number of aromatic hydroxyl groups is 1. The summed E-state index contributed by atoms with van der Waals surface area (Å²) >= 11 is 3.38. The molecule has 0 spiro atoms. The van der Waals surface area contributed by atoms with Crippen LogP contribution in [0.4, 0.5) is 4.79 Å². The number of fused-ring (bicyclic) bond motifs is 1. The molecule has 0 bridgehead atoms. The Morgan fingerprint density at radius 3 is 2.61 bits per heavy atom. The van der Waals surface area contributed by atoms with Crippen LogP contribution < -0.4 is 0 Å². The third kappa shape index (κ3) is 2.36. The van der Waals surface area contributed by atoms with Gasteiger partial charge in [0, 0.05) is 16.1 Å². The van der Waals surface area contributed by atoms with E-state index in [2.05, 4.69) is 15.9 Å². The van der Waals surface area contributed by atoms with Gasteiger partial charge in [-0.05, 0) is 39.0 Å². The zero-order valence-corrected chi connectivity index (χ0v) is 12.0. The minimum absolute atomic E-state index is 0.0454. The molecule has 0 fully saturated rings. The molecule has 0 aliphatic rings. The zero-order chi connectivity index (χ0) is 13.5. The molecule has 1 N–H and O–H groups in total. The molecule has 0 atom stereocenters. The van der Waals surface area contributed by atoms with Crippen LogP contribution in [-0.2, 0) is 4.74 Å². The second-order valence-corrected chi connectivity index (χ2v) is 5.85. The van der Waals surface area contributed by atoms with Crippen LogP contribution in [0.3, 0.4) is 0 Å². The Morgan fingerprint density at radius 1 is 1.33 bits per heavy atom. The second-order valence-electron chi connectivity index (χ2n) is 4.99. The van der Waals surface area contributed by atoms with Crippen molar-refractivity contribution in [3.63, 3.8) is 0 Å². The first-order valence-electron chi connectivity index (χ1n) is 5.51. The highest BCUT2D eigenvalue weighted by Gasteiger charge is 2.20. The largest absolute Gasteiger partial charge is 0.506 e. The molecular formula is C13H14BrNO3. The van der Waals surface area contributed by atoms with Crippen LogP contribution >= 0.6 is 15.9 Å². The van der Waals surface area contributed by atoms with Crippen molar-refractivity contribution in [2.24, 2.45) is 0 Å². The molecule has 2 aromatic rings. The smallest absolute Gasteiger partial charge is 0.419 e. The second kappa shape index (κ2) is 4.31. The summed E-state index contributed by atoms with van der Waals surface area (Å²) in [6.07, 6.45) is 1.08. The van der Waals surface area contributed by atoms with Crippen molar-refractivity contribution in [1.29, 1.82) is 0 Å². The monoisotopic (exact) mass is 311 g/mol. The van der Waals surface area contributed by atoms with E-state index in [0.717, 1.165) is 9.86 Å². The van der Waals surface area contributed by atoms with Gasteiger partial charge in [0.15, 0.2) is 0 Å². The van der Waals surface area contributed by atoms with E-state index in [0.29, 0.717) is 5.52 Å². The number of carbonyl (C=O) groups is 1. The van der Waals surface area contributed by atoms with Crippen molar-refractivity contribution in [2.75, 3.05) is 0 Å². The zero-order valence-electron chi connectivity index (χ0n) is 10.4. The van der Waals surface area contributed by atoms with Gasteiger partial charge in [0.25, 0.3) is 0 Å². The third-order valence-electron chi connectivity index (χ3n) is 2.36. The van der Waals surface area contributed by atoms with Gasteiger partial charge in [-0.1, -0.05) is 15.9 Å². The maximum absolute atomic E-state index is 12.0. The van der Waals surface area contributed by atoms with E-state index < -0.39 is 11.7 Å². The number of carbonyl (C=O) groups excluding carboxylic acids is 1. The Hall–Kier alpha value is -1.49. The highest BCUT2D eigenvalue weighted by atomic mass is 79.9. The fraction of sp³-hybridized carbons (Fsp3) is 0.308. The van der Waals surface area contributed by atoms with E-state index in [1.54, 1.807) is 39.1 Å². The summed E-state index contributed by atoms with van der Waals surface area (Å²) < 4.78 is 7.41. The number of hydrogen-bond donors (Lipinski definition) is 1. The topological polar surface area (TPSA) is 51.5 Å². The van der Waals surface area contributed by atoms with Gasteiger partial charge in [-0.25, -0.2) is 9.36 Å².